The summed E-state index contributed by atoms with van der Waals surface area (Å²) in [6.07, 6.45) is 0. The van der Waals surface area contributed by atoms with Crippen molar-refractivity contribution in [3.63, 3.8) is 0 Å². The monoisotopic (exact) mass is 241 g/mol. The Morgan fingerprint density at radius 3 is 2.39 bits per heavy atom. The molecule has 0 spiro atoms. The summed E-state index contributed by atoms with van der Waals surface area (Å²) in [5, 5.41) is 13.1. The van der Waals surface area contributed by atoms with Crippen LogP contribution in [0.4, 0.5) is 5.69 Å². The van der Waals surface area contributed by atoms with Gasteiger partial charge in [-0.25, -0.2) is 0 Å². The Hall–Kier alpha value is -1.80. The largest absolute Gasteiger partial charge is 0.394 e. The molecular weight excluding hydrogens is 222 g/mol. The molecular formula is C16H19NO. The highest BCUT2D eigenvalue weighted by Crippen LogP contribution is 2.26. The fourth-order valence-corrected chi connectivity index (χ4v) is 2.03. The zero-order valence-electron chi connectivity index (χ0n) is 10.9. The van der Waals surface area contributed by atoms with E-state index in [1.807, 2.05) is 49.4 Å². The van der Waals surface area contributed by atoms with Crippen molar-refractivity contribution >= 4 is 5.69 Å². The number of aliphatic hydroxyl groups excluding tert-OH is 1. The Labute approximate surface area is 108 Å². The minimum Gasteiger partial charge on any atom is -0.394 e. The first kappa shape index (κ1) is 12.7. The molecule has 0 aromatic heterocycles. The second-order valence-electron chi connectivity index (χ2n) is 4.85. The van der Waals surface area contributed by atoms with Gasteiger partial charge in [0.15, 0.2) is 0 Å². The van der Waals surface area contributed by atoms with E-state index in [1.165, 1.54) is 5.56 Å². The van der Waals surface area contributed by atoms with Crippen molar-refractivity contribution in [2.75, 3.05) is 11.9 Å². The van der Waals surface area contributed by atoms with Crippen molar-refractivity contribution in [1.82, 2.24) is 0 Å². The molecule has 0 radical (unpaired) electrons. The predicted octanol–water partition coefficient (Wildman–Crippen LogP) is 3.31. The first-order chi connectivity index (χ1) is 8.64. The first-order valence-corrected chi connectivity index (χ1v) is 6.15. The molecule has 0 bridgehead atoms. The van der Waals surface area contributed by atoms with Crippen LogP contribution in [0.2, 0.25) is 0 Å². The molecule has 18 heavy (non-hydrogen) atoms. The summed E-state index contributed by atoms with van der Waals surface area (Å²) in [4.78, 5) is 0. The van der Waals surface area contributed by atoms with Crippen LogP contribution in [-0.4, -0.2) is 11.7 Å². The van der Waals surface area contributed by atoms with E-state index in [1.54, 1.807) is 0 Å². The van der Waals surface area contributed by atoms with Crippen LogP contribution in [0.3, 0.4) is 0 Å². The highest BCUT2D eigenvalue weighted by molar-refractivity contribution is 5.48. The number of para-hydroxylation sites is 1. The van der Waals surface area contributed by atoms with Crippen molar-refractivity contribution in [1.29, 1.82) is 0 Å². The quantitative estimate of drug-likeness (QED) is 0.860. The lowest BCUT2D eigenvalue weighted by Crippen LogP contribution is -2.35. The lowest BCUT2D eigenvalue weighted by Gasteiger charge is -2.31. The van der Waals surface area contributed by atoms with Gasteiger partial charge >= 0.3 is 0 Å². The third-order valence-corrected chi connectivity index (χ3v) is 3.17. The topological polar surface area (TPSA) is 32.3 Å². The smallest absolute Gasteiger partial charge is 0.0828 e. The highest BCUT2D eigenvalue weighted by Gasteiger charge is 2.25. The molecule has 94 valence electrons. The number of hydrogen-bond acceptors (Lipinski definition) is 2. The Bertz CT molecular complexity index is 510. The van der Waals surface area contributed by atoms with Crippen molar-refractivity contribution in [3.8, 4) is 0 Å². The molecule has 0 aliphatic rings. The Morgan fingerprint density at radius 2 is 1.78 bits per heavy atom. The standard InChI is InChI=1S/C16H19NO/c1-13-7-6-8-14(11-13)16(2,12-18)17-15-9-4-3-5-10-15/h3-11,17-18H,12H2,1-2H3. The lowest BCUT2D eigenvalue weighted by atomic mass is 9.91. The van der Waals surface area contributed by atoms with Crippen LogP contribution < -0.4 is 5.32 Å². The zero-order chi connectivity index (χ0) is 13.0. The van der Waals surface area contributed by atoms with Crippen LogP contribution in [0.25, 0.3) is 0 Å². The average molecular weight is 241 g/mol. The van der Waals surface area contributed by atoms with Gasteiger partial charge in [0.05, 0.1) is 12.1 Å². The molecule has 2 nitrogen and oxygen atoms in total. The molecule has 1 atom stereocenters. The van der Waals surface area contributed by atoms with E-state index in [-0.39, 0.29) is 6.61 Å². The van der Waals surface area contributed by atoms with E-state index in [4.69, 9.17) is 0 Å². The molecule has 2 rings (SSSR count). The molecule has 0 fully saturated rings. The first-order valence-electron chi connectivity index (χ1n) is 6.15. The number of nitrogens with one attached hydrogen (secondary N) is 1. The van der Waals surface area contributed by atoms with Crippen LogP contribution in [0, 0.1) is 6.92 Å². The summed E-state index contributed by atoms with van der Waals surface area (Å²) >= 11 is 0. The van der Waals surface area contributed by atoms with Crippen molar-refractivity contribution < 1.29 is 5.11 Å². The molecule has 0 heterocycles. The van der Waals surface area contributed by atoms with Crippen molar-refractivity contribution in [2.45, 2.75) is 19.4 Å². The number of aryl methyl sites for hydroxylation is 1. The van der Waals surface area contributed by atoms with Gasteiger partial charge in [-0.15, -0.1) is 0 Å². The number of anilines is 1. The van der Waals surface area contributed by atoms with E-state index >= 15 is 0 Å². The normalized spacial score (nSPS) is 13.9. The molecule has 0 saturated heterocycles. The molecule has 1 unspecified atom stereocenters. The van der Waals surface area contributed by atoms with Gasteiger partial charge in [-0.1, -0.05) is 48.0 Å². The third-order valence-electron chi connectivity index (χ3n) is 3.17. The van der Waals surface area contributed by atoms with Crippen LogP contribution >= 0.6 is 0 Å². The van der Waals surface area contributed by atoms with Crippen LogP contribution in [0.5, 0.6) is 0 Å². The maximum Gasteiger partial charge on any atom is 0.0828 e. The van der Waals surface area contributed by atoms with E-state index in [9.17, 15) is 5.11 Å². The fraction of sp³-hybridized carbons (Fsp3) is 0.250. The Kier molecular flexibility index (Phi) is 3.68. The molecule has 2 N–H and O–H groups in total. The second kappa shape index (κ2) is 5.23. The summed E-state index contributed by atoms with van der Waals surface area (Å²) in [5.41, 5.74) is 2.83. The summed E-state index contributed by atoms with van der Waals surface area (Å²) in [6, 6.07) is 18.2. The van der Waals surface area contributed by atoms with Gasteiger partial charge in [0.25, 0.3) is 0 Å². The lowest BCUT2D eigenvalue weighted by molar-refractivity contribution is 0.224. The van der Waals surface area contributed by atoms with E-state index < -0.39 is 5.54 Å². The molecule has 0 aliphatic heterocycles. The molecule has 2 aromatic carbocycles. The number of benzene rings is 2. The molecule has 0 aliphatic carbocycles. The number of hydrogen-bond donors (Lipinski definition) is 2. The van der Waals surface area contributed by atoms with E-state index in [0.717, 1.165) is 11.3 Å². The maximum atomic E-state index is 9.73. The van der Waals surface area contributed by atoms with Gasteiger partial charge in [0, 0.05) is 5.69 Å². The number of rotatable bonds is 4. The minimum atomic E-state index is -0.465. The van der Waals surface area contributed by atoms with Gasteiger partial charge in [0.2, 0.25) is 0 Å². The van der Waals surface area contributed by atoms with Crippen LogP contribution in [0.1, 0.15) is 18.1 Å². The highest BCUT2D eigenvalue weighted by atomic mass is 16.3. The van der Waals surface area contributed by atoms with Gasteiger partial charge in [-0.05, 0) is 31.5 Å². The molecule has 0 saturated carbocycles. The molecule has 2 aromatic rings. The van der Waals surface area contributed by atoms with Gasteiger partial charge in [0.1, 0.15) is 0 Å². The maximum absolute atomic E-state index is 9.73. The summed E-state index contributed by atoms with van der Waals surface area (Å²) in [7, 11) is 0. The van der Waals surface area contributed by atoms with Gasteiger partial charge < -0.3 is 10.4 Å². The molecule has 0 amide bonds. The second-order valence-corrected chi connectivity index (χ2v) is 4.85. The summed E-state index contributed by atoms with van der Waals surface area (Å²) < 4.78 is 0. The molecule has 2 heteroatoms. The predicted molar refractivity (Wildman–Crippen MR) is 75.7 cm³/mol. The minimum absolute atomic E-state index is 0.0470. The van der Waals surface area contributed by atoms with Crippen LogP contribution in [-0.2, 0) is 5.54 Å². The Balaban J connectivity index is 2.31. The van der Waals surface area contributed by atoms with Gasteiger partial charge in [-0.3, -0.25) is 0 Å². The fourth-order valence-electron chi connectivity index (χ4n) is 2.03. The Morgan fingerprint density at radius 1 is 1.06 bits per heavy atom. The van der Waals surface area contributed by atoms with Gasteiger partial charge in [-0.2, -0.15) is 0 Å². The van der Waals surface area contributed by atoms with E-state index in [0.29, 0.717) is 0 Å². The van der Waals surface area contributed by atoms with Crippen LogP contribution in [0.15, 0.2) is 54.6 Å². The summed E-state index contributed by atoms with van der Waals surface area (Å²) in [6.45, 7) is 4.12. The SMILES string of the molecule is Cc1cccc(C(C)(CO)Nc2ccccc2)c1. The van der Waals surface area contributed by atoms with Crippen molar-refractivity contribution in [2.24, 2.45) is 0 Å². The summed E-state index contributed by atoms with van der Waals surface area (Å²) in [5.74, 6) is 0. The average Bonchev–Trinajstić information content (AvgIpc) is 2.40. The van der Waals surface area contributed by atoms with Crippen molar-refractivity contribution in [3.05, 3.63) is 65.7 Å². The van der Waals surface area contributed by atoms with E-state index in [2.05, 4.69) is 24.4 Å². The zero-order valence-corrected chi connectivity index (χ0v) is 10.9. The third kappa shape index (κ3) is 2.71. The number of aliphatic hydroxyl groups is 1.